The predicted octanol–water partition coefficient (Wildman–Crippen LogP) is 0.318. The van der Waals surface area contributed by atoms with E-state index in [-0.39, 0.29) is 11.9 Å². The van der Waals surface area contributed by atoms with Gasteiger partial charge in [-0.15, -0.1) is 0 Å². The van der Waals surface area contributed by atoms with Gasteiger partial charge in [-0.2, -0.15) is 0 Å². The molecule has 0 aromatic heterocycles. The summed E-state index contributed by atoms with van der Waals surface area (Å²) in [6, 6.07) is 0.376. The SMILES string of the molecule is O=CC1CCCCN1CC(=O)NC1CC1. The standard InChI is InChI=1S/C11H18N2O2/c14-8-10-3-1-2-6-13(10)7-11(15)12-9-4-5-9/h8-10H,1-7H2,(H,12,15). The van der Waals surface area contributed by atoms with E-state index in [9.17, 15) is 9.59 Å². The number of aldehydes is 1. The van der Waals surface area contributed by atoms with Crippen molar-refractivity contribution < 1.29 is 9.59 Å². The van der Waals surface area contributed by atoms with Crippen LogP contribution in [0.4, 0.5) is 0 Å². The van der Waals surface area contributed by atoms with Gasteiger partial charge in [0.05, 0.1) is 12.6 Å². The van der Waals surface area contributed by atoms with E-state index in [1.807, 2.05) is 4.90 Å². The number of hydrogen-bond acceptors (Lipinski definition) is 3. The van der Waals surface area contributed by atoms with Crippen molar-refractivity contribution in [1.29, 1.82) is 0 Å². The molecule has 1 atom stereocenters. The first kappa shape index (κ1) is 10.6. The van der Waals surface area contributed by atoms with Gasteiger partial charge in [-0.3, -0.25) is 9.69 Å². The molecule has 1 unspecified atom stereocenters. The van der Waals surface area contributed by atoms with E-state index in [4.69, 9.17) is 0 Å². The molecule has 4 heteroatoms. The van der Waals surface area contributed by atoms with Crippen LogP contribution in [0, 0.1) is 0 Å². The summed E-state index contributed by atoms with van der Waals surface area (Å²) in [7, 11) is 0. The number of hydrogen-bond donors (Lipinski definition) is 1. The highest BCUT2D eigenvalue weighted by molar-refractivity contribution is 5.79. The number of likely N-dealkylation sites (tertiary alicyclic amines) is 1. The molecule has 1 amide bonds. The molecular formula is C11H18N2O2. The molecule has 1 heterocycles. The molecule has 0 aromatic rings. The molecule has 0 aromatic carbocycles. The molecule has 1 saturated heterocycles. The quantitative estimate of drug-likeness (QED) is 0.680. The van der Waals surface area contributed by atoms with Gasteiger partial charge >= 0.3 is 0 Å². The van der Waals surface area contributed by atoms with Gasteiger partial charge in [0.1, 0.15) is 6.29 Å². The summed E-state index contributed by atoms with van der Waals surface area (Å²) in [5.41, 5.74) is 0. The lowest BCUT2D eigenvalue weighted by molar-refractivity contribution is -0.124. The van der Waals surface area contributed by atoms with E-state index < -0.39 is 0 Å². The summed E-state index contributed by atoms with van der Waals surface area (Å²) < 4.78 is 0. The molecular weight excluding hydrogens is 192 g/mol. The van der Waals surface area contributed by atoms with Crippen molar-refractivity contribution in [2.24, 2.45) is 0 Å². The fraction of sp³-hybridized carbons (Fsp3) is 0.818. The van der Waals surface area contributed by atoms with E-state index in [2.05, 4.69) is 5.32 Å². The fourth-order valence-electron chi connectivity index (χ4n) is 2.05. The Morgan fingerprint density at radius 1 is 1.33 bits per heavy atom. The van der Waals surface area contributed by atoms with Gasteiger partial charge in [-0.25, -0.2) is 0 Å². The Morgan fingerprint density at radius 3 is 2.80 bits per heavy atom. The Hall–Kier alpha value is -0.900. The zero-order valence-electron chi connectivity index (χ0n) is 8.95. The maximum Gasteiger partial charge on any atom is 0.234 e. The normalized spacial score (nSPS) is 27.3. The fourth-order valence-corrected chi connectivity index (χ4v) is 2.05. The monoisotopic (exact) mass is 210 g/mol. The molecule has 1 N–H and O–H groups in total. The largest absolute Gasteiger partial charge is 0.352 e. The zero-order chi connectivity index (χ0) is 10.7. The summed E-state index contributed by atoms with van der Waals surface area (Å²) in [6.45, 7) is 1.27. The molecule has 0 spiro atoms. The Kier molecular flexibility index (Phi) is 3.36. The van der Waals surface area contributed by atoms with Gasteiger partial charge in [0.15, 0.2) is 0 Å². The summed E-state index contributed by atoms with van der Waals surface area (Å²) >= 11 is 0. The number of carbonyl (C=O) groups excluding carboxylic acids is 2. The van der Waals surface area contributed by atoms with E-state index in [1.54, 1.807) is 0 Å². The van der Waals surface area contributed by atoms with Gasteiger partial charge in [-0.1, -0.05) is 6.42 Å². The molecule has 0 radical (unpaired) electrons. The summed E-state index contributed by atoms with van der Waals surface area (Å²) in [6.07, 6.45) is 6.31. The van der Waals surface area contributed by atoms with Crippen molar-refractivity contribution in [3.05, 3.63) is 0 Å². The first-order valence-corrected chi connectivity index (χ1v) is 5.78. The summed E-state index contributed by atoms with van der Waals surface area (Å²) in [5.74, 6) is 0.0752. The molecule has 84 valence electrons. The second-order valence-electron chi connectivity index (χ2n) is 4.51. The summed E-state index contributed by atoms with van der Waals surface area (Å²) in [5, 5.41) is 2.95. The van der Waals surface area contributed by atoms with Gasteiger partial charge in [-0.05, 0) is 32.2 Å². The second kappa shape index (κ2) is 4.75. The molecule has 1 aliphatic carbocycles. The van der Waals surface area contributed by atoms with Crippen LogP contribution in [0.5, 0.6) is 0 Å². The van der Waals surface area contributed by atoms with Crippen molar-refractivity contribution in [2.45, 2.75) is 44.2 Å². The maximum atomic E-state index is 11.6. The van der Waals surface area contributed by atoms with E-state index in [0.717, 1.165) is 44.9 Å². The summed E-state index contributed by atoms with van der Waals surface area (Å²) in [4.78, 5) is 24.4. The number of nitrogens with zero attached hydrogens (tertiary/aromatic N) is 1. The highest BCUT2D eigenvalue weighted by atomic mass is 16.2. The molecule has 2 aliphatic rings. The number of nitrogens with one attached hydrogen (secondary N) is 1. The number of piperidine rings is 1. The topological polar surface area (TPSA) is 49.4 Å². The van der Waals surface area contributed by atoms with Gasteiger partial charge in [0.2, 0.25) is 5.91 Å². The molecule has 4 nitrogen and oxygen atoms in total. The minimum atomic E-state index is -0.0382. The molecule has 2 fully saturated rings. The third kappa shape index (κ3) is 3.02. The molecule has 2 rings (SSSR count). The van der Waals surface area contributed by atoms with Crippen LogP contribution in [-0.2, 0) is 9.59 Å². The molecule has 1 saturated carbocycles. The zero-order valence-corrected chi connectivity index (χ0v) is 8.95. The van der Waals surface area contributed by atoms with Crippen LogP contribution in [0.2, 0.25) is 0 Å². The van der Waals surface area contributed by atoms with Crippen molar-refractivity contribution in [1.82, 2.24) is 10.2 Å². The molecule has 0 bridgehead atoms. The number of carbonyl (C=O) groups is 2. The van der Waals surface area contributed by atoms with E-state index in [0.29, 0.717) is 12.6 Å². The molecule has 1 aliphatic heterocycles. The Bertz CT molecular complexity index is 251. The van der Waals surface area contributed by atoms with Crippen LogP contribution in [0.1, 0.15) is 32.1 Å². The van der Waals surface area contributed by atoms with Crippen LogP contribution in [-0.4, -0.2) is 42.3 Å². The average molecular weight is 210 g/mol. The number of amides is 1. The lowest BCUT2D eigenvalue weighted by Crippen LogP contribution is -2.46. The van der Waals surface area contributed by atoms with Crippen molar-refractivity contribution in [3.8, 4) is 0 Å². The van der Waals surface area contributed by atoms with Crippen LogP contribution in [0.15, 0.2) is 0 Å². The third-order valence-electron chi connectivity index (χ3n) is 3.11. The minimum Gasteiger partial charge on any atom is -0.352 e. The Balaban J connectivity index is 1.79. The lowest BCUT2D eigenvalue weighted by atomic mass is 10.0. The Labute approximate surface area is 90.0 Å². The second-order valence-corrected chi connectivity index (χ2v) is 4.51. The molecule has 15 heavy (non-hydrogen) atoms. The highest BCUT2D eigenvalue weighted by Gasteiger charge is 2.27. The van der Waals surface area contributed by atoms with Gasteiger partial charge < -0.3 is 10.1 Å². The first-order chi connectivity index (χ1) is 7.29. The van der Waals surface area contributed by atoms with Crippen LogP contribution >= 0.6 is 0 Å². The Morgan fingerprint density at radius 2 is 2.13 bits per heavy atom. The number of rotatable bonds is 4. The maximum absolute atomic E-state index is 11.6. The van der Waals surface area contributed by atoms with Crippen molar-refractivity contribution in [3.63, 3.8) is 0 Å². The highest BCUT2D eigenvalue weighted by Crippen LogP contribution is 2.19. The van der Waals surface area contributed by atoms with Crippen LogP contribution in [0.25, 0.3) is 0 Å². The average Bonchev–Trinajstić information content (AvgIpc) is 3.02. The smallest absolute Gasteiger partial charge is 0.234 e. The van der Waals surface area contributed by atoms with E-state index in [1.165, 1.54) is 0 Å². The van der Waals surface area contributed by atoms with Crippen molar-refractivity contribution in [2.75, 3.05) is 13.1 Å². The minimum absolute atomic E-state index is 0.0382. The van der Waals surface area contributed by atoms with Gasteiger partial charge in [0.25, 0.3) is 0 Å². The van der Waals surface area contributed by atoms with E-state index >= 15 is 0 Å². The third-order valence-corrected chi connectivity index (χ3v) is 3.11. The lowest BCUT2D eigenvalue weighted by Gasteiger charge is -2.31. The predicted molar refractivity (Wildman–Crippen MR) is 56.4 cm³/mol. The van der Waals surface area contributed by atoms with Gasteiger partial charge in [0, 0.05) is 6.04 Å². The van der Waals surface area contributed by atoms with Crippen LogP contribution < -0.4 is 5.32 Å². The van der Waals surface area contributed by atoms with Crippen LogP contribution in [0.3, 0.4) is 0 Å². The first-order valence-electron chi connectivity index (χ1n) is 5.78. The van der Waals surface area contributed by atoms with Crippen molar-refractivity contribution >= 4 is 12.2 Å².